The van der Waals surface area contributed by atoms with Crippen molar-refractivity contribution in [2.45, 2.75) is 13.8 Å². The van der Waals surface area contributed by atoms with Gasteiger partial charge in [0.05, 0.1) is 0 Å². The smallest absolute Gasteiger partial charge is 0.223 e. The van der Waals surface area contributed by atoms with Crippen LogP contribution in [-0.2, 0) is 7.05 Å². The van der Waals surface area contributed by atoms with Gasteiger partial charge in [0.2, 0.25) is 7.98 Å². The van der Waals surface area contributed by atoms with Crippen molar-refractivity contribution in [3.05, 3.63) is 76.1 Å². The largest absolute Gasteiger partial charge is 0.393 e. The van der Waals surface area contributed by atoms with Gasteiger partial charge in [0.1, 0.15) is 0 Å². The first-order valence-corrected chi connectivity index (χ1v) is 8.89. The first kappa shape index (κ1) is 17.9. The number of rotatable bonds is 4. The molecule has 0 saturated carbocycles. The van der Waals surface area contributed by atoms with E-state index in [-0.39, 0.29) is 0 Å². The zero-order valence-corrected chi connectivity index (χ0v) is 16.1. The highest BCUT2D eigenvalue weighted by Crippen LogP contribution is 2.26. The van der Waals surface area contributed by atoms with Gasteiger partial charge in [0, 0.05) is 51.0 Å². The Bertz CT molecular complexity index is 1150. The molecule has 1 aromatic carbocycles. The summed E-state index contributed by atoms with van der Waals surface area (Å²) in [7, 11) is 4.19. The number of aromatic nitrogens is 2. The molecule has 2 heterocycles. The molecule has 0 amide bonds. The molecular formula is C23H25BN2. The normalized spacial score (nSPS) is 12.8. The zero-order chi connectivity index (χ0) is 18.8. The third kappa shape index (κ3) is 2.70. The molecule has 0 aliphatic rings. The van der Waals surface area contributed by atoms with Crippen molar-refractivity contribution in [1.29, 1.82) is 0 Å². The molecule has 0 saturated heterocycles. The van der Waals surface area contributed by atoms with Gasteiger partial charge < -0.3 is 9.05 Å². The number of nitrogens with zero attached hydrogens (tertiary/aromatic N) is 2. The molecule has 0 aliphatic carbocycles. The van der Waals surface area contributed by atoms with Gasteiger partial charge in [0.25, 0.3) is 0 Å². The van der Waals surface area contributed by atoms with Crippen LogP contribution in [-0.4, -0.2) is 17.0 Å². The third-order valence-corrected chi connectivity index (χ3v) is 4.96. The standard InChI is InChI=1S/C23H25BN2/c1-6-11-18-19(20(8-3)26(24)22(18)12-7-2)15-23-16(4)17-13-9-10-14-21(17)25(23)5/h6-15H,3-4,24H2,1-2,5H3/b11-6-,12-7-,23-15+. The summed E-state index contributed by atoms with van der Waals surface area (Å²) in [5.41, 5.74) is 5.85. The van der Waals surface area contributed by atoms with E-state index in [4.69, 9.17) is 0 Å². The monoisotopic (exact) mass is 340 g/mol. The average Bonchev–Trinajstić information content (AvgIpc) is 3.03. The molecule has 0 atom stereocenters. The molecule has 0 unspecified atom stereocenters. The van der Waals surface area contributed by atoms with E-state index in [1.807, 2.05) is 19.9 Å². The van der Waals surface area contributed by atoms with E-state index >= 15 is 0 Å². The van der Waals surface area contributed by atoms with Crippen LogP contribution in [0.15, 0.2) is 43.0 Å². The number of fused-ring (bicyclic) bond motifs is 1. The molecule has 0 N–H and O–H groups in total. The minimum Gasteiger partial charge on any atom is -0.393 e. The van der Waals surface area contributed by atoms with E-state index in [2.05, 4.69) is 91.9 Å². The Morgan fingerprint density at radius 1 is 1.00 bits per heavy atom. The van der Waals surface area contributed by atoms with E-state index in [9.17, 15) is 0 Å². The minimum absolute atomic E-state index is 1.06. The van der Waals surface area contributed by atoms with Crippen LogP contribution >= 0.6 is 0 Å². The van der Waals surface area contributed by atoms with E-state index in [0.29, 0.717) is 0 Å². The Labute approximate surface area is 156 Å². The Morgan fingerprint density at radius 3 is 2.31 bits per heavy atom. The van der Waals surface area contributed by atoms with Gasteiger partial charge in [-0.15, -0.1) is 0 Å². The number of benzene rings is 1. The van der Waals surface area contributed by atoms with Gasteiger partial charge in [-0.25, -0.2) is 0 Å². The van der Waals surface area contributed by atoms with Crippen LogP contribution in [0.4, 0.5) is 0 Å². The van der Waals surface area contributed by atoms with Gasteiger partial charge in [-0.3, -0.25) is 0 Å². The van der Waals surface area contributed by atoms with Crippen LogP contribution in [0, 0.1) is 0 Å². The van der Waals surface area contributed by atoms with E-state index in [1.54, 1.807) is 0 Å². The highest BCUT2D eigenvalue weighted by atomic mass is 14.9. The second-order valence-electron chi connectivity index (χ2n) is 6.45. The minimum atomic E-state index is 1.06. The summed E-state index contributed by atoms with van der Waals surface area (Å²) in [6, 6.07) is 8.40. The molecule has 0 spiro atoms. The summed E-state index contributed by atoms with van der Waals surface area (Å²) in [6.45, 7) is 12.5. The fraction of sp³-hybridized carbons (Fsp3) is 0.130. The van der Waals surface area contributed by atoms with E-state index < -0.39 is 0 Å². The number of aryl methyl sites for hydroxylation is 1. The number of para-hydroxylation sites is 1. The average molecular weight is 340 g/mol. The summed E-state index contributed by atoms with van der Waals surface area (Å²) in [4.78, 5) is 0. The van der Waals surface area contributed by atoms with Gasteiger partial charge in [-0.2, -0.15) is 0 Å². The lowest BCUT2D eigenvalue weighted by Crippen LogP contribution is -2.26. The van der Waals surface area contributed by atoms with Crippen molar-refractivity contribution in [3.63, 3.8) is 0 Å². The molecule has 0 radical (unpaired) electrons. The van der Waals surface area contributed by atoms with Gasteiger partial charge in [0.15, 0.2) is 0 Å². The molecular weight excluding hydrogens is 315 g/mol. The van der Waals surface area contributed by atoms with Crippen LogP contribution in [0.5, 0.6) is 0 Å². The Kier molecular flexibility index (Phi) is 4.90. The van der Waals surface area contributed by atoms with Crippen LogP contribution in [0.25, 0.3) is 41.8 Å². The van der Waals surface area contributed by atoms with Crippen molar-refractivity contribution in [2.24, 2.45) is 7.05 Å². The Morgan fingerprint density at radius 2 is 1.69 bits per heavy atom. The molecule has 26 heavy (non-hydrogen) atoms. The highest BCUT2D eigenvalue weighted by Gasteiger charge is 2.14. The number of allylic oxidation sites excluding steroid dienone is 2. The van der Waals surface area contributed by atoms with Gasteiger partial charge in [-0.05, 0) is 38.1 Å². The van der Waals surface area contributed by atoms with Crippen LogP contribution < -0.4 is 10.6 Å². The second-order valence-corrected chi connectivity index (χ2v) is 6.45. The van der Waals surface area contributed by atoms with Crippen LogP contribution in [0.3, 0.4) is 0 Å². The molecule has 0 fully saturated rings. The predicted molar refractivity (Wildman–Crippen MR) is 119 cm³/mol. The molecule has 0 bridgehead atoms. The lowest BCUT2D eigenvalue weighted by atomic mass is 10.1. The summed E-state index contributed by atoms with van der Waals surface area (Å²) in [6.07, 6.45) is 12.6. The molecule has 3 rings (SSSR count). The molecule has 0 aliphatic heterocycles. The molecule has 2 aromatic heterocycles. The maximum Gasteiger partial charge on any atom is 0.223 e. The molecule has 130 valence electrons. The summed E-state index contributed by atoms with van der Waals surface area (Å²) < 4.78 is 4.41. The van der Waals surface area contributed by atoms with Gasteiger partial charge >= 0.3 is 0 Å². The Balaban J connectivity index is 2.46. The van der Waals surface area contributed by atoms with Crippen molar-refractivity contribution < 1.29 is 0 Å². The predicted octanol–water partition coefficient (Wildman–Crippen LogP) is 3.32. The molecule has 2 nitrogen and oxygen atoms in total. The SMILES string of the molecule is Bn1c(C=C)c(/C=c2\c(=C)c3ccccc3n2C)c(/C=C\C)c1/C=C\C. The summed E-state index contributed by atoms with van der Waals surface area (Å²) in [5.74, 6) is 0. The zero-order valence-electron chi connectivity index (χ0n) is 16.1. The quantitative estimate of drug-likeness (QED) is 0.645. The topological polar surface area (TPSA) is 9.86 Å². The lowest BCUT2D eigenvalue weighted by molar-refractivity contribution is 0.925. The maximum atomic E-state index is 4.35. The fourth-order valence-electron chi connectivity index (χ4n) is 3.68. The Hall–Kier alpha value is -2.94. The maximum absolute atomic E-state index is 4.35. The van der Waals surface area contributed by atoms with Crippen molar-refractivity contribution in [2.75, 3.05) is 0 Å². The molecule has 3 aromatic rings. The van der Waals surface area contributed by atoms with Crippen molar-refractivity contribution >= 4 is 49.8 Å². The lowest BCUT2D eigenvalue weighted by Gasteiger charge is -2.01. The van der Waals surface area contributed by atoms with Crippen molar-refractivity contribution in [3.8, 4) is 0 Å². The first-order valence-electron chi connectivity index (χ1n) is 8.89. The third-order valence-electron chi connectivity index (χ3n) is 4.96. The highest BCUT2D eigenvalue weighted by molar-refractivity contribution is 6.10. The number of hydrogen-bond acceptors (Lipinski definition) is 0. The van der Waals surface area contributed by atoms with Crippen LogP contribution in [0.1, 0.15) is 36.4 Å². The van der Waals surface area contributed by atoms with Crippen molar-refractivity contribution in [1.82, 2.24) is 9.05 Å². The van der Waals surface area contributed by atoms with Crippen LogP contribution in [0.2, 0.25) is 0 Å². The summed E-state index contributed by atoms with van der Waals surface area (Å²) in [5, 5.41) is 3.37. The fourth-order valence-corrected chi connectivity index (χ4v) is 3.68. The number of hydrogen-bond donors (Lipinski definition) is 0. The second kappa shape index (κ2) is 7.13. The molecule has 3 heteroatoms. The summed E-state index contributed by atoms with van der Waals surface area (Å²) >= 11 is 0. The van der Waals surface area contributed by atoms with Gasteiger partial charge in [-0.1, -0.05) is 49.6 Å². The first-order chi connectivity index (χ1) is 12.5. The van der Waals surface area contributed by atoms with E-state index in [0.717, 1.165) is 16.3 Å². The van der Waals surface area contributed by atoms with E-state index in [1.165, 1.54) is 27.7 Å².